The molecule has 0 unspecified atom stereocenters. The Hall–Kier alpha value is -5.03. The largest absolute Gasteiger partial charge is 0.467 e. The van der Waals surface area contributed by atoms with Gasteiger partial charge < -0.3 is 31.7 Å². The maximum absolute atomic E-state index is 14.1. The van der Waals surface area contributed by atoms with E-state index in [2.05, 4.69) is 21.3 Å². The van der Waals surface area contributed by atoms with Crippen LogP contribution in [-0.2, 0) is 48.0 Å². The minimum absolute atomic E-state index is 0.116. The number of nitrogens with one attached hydrogen (secondary N) is 4. The minimum atomic E-state index is -1.11. The standard InChI is InChI=1S/C40H53N5O6/c1-6-26(3)34(39(49)45-35(27(4)7-2)40(50)51-5)44-38(48)33(25-30-21-15-10-16-22-30)43-37(47)32(24-29-19-13-9-14-20-29)42-36(46)31(41)23-28-17-11-8-12-18-28/h8-22,26-27,31-35H,6-7,23-25,41H2,1-5H3,(H,42,46)(H,43,47)(H,44,48)(H,45,49)/t26-,27-,31-,32-,33-,34-,35-/m0/s1. The lowest BCUT2D eigenvalue weighted by Crippen LogP contribution is -2.60. The smallest absolute Gasteiger partial charge is 0.328 e. The second kappa shape index (κ2) is 20.6. The number of amides is 4. The third-order valence-corrected chi connectivity index (χ3v) is 9.23. The van der Waals surface area contributed by atoms with Crippen molar-refractivity contribution in [3.63, 3.8) is 0 Å². The van der Waals surface area contributed by atoms with Crippen molar-refractivity contribution in [2.75, 3.05) is 7.11 Å². The van der Waals surface area contributed by atoms with Gasteiger partial charge in [0.15, 0.2) is 0 Å². The van der Waals surface area contributed by atoms with Gasteiger partial charge in [0.1, 0.15) is 24.2 Å². The van der Waals surface area contributed by atoms with Gasteiger partial charge in [-0.05, 0) is 34.9 Å². The Labute approximate surface area is 301 Å². The minimum Gasteiger partial charge on any atom is -0.467 e. The lowest BCUT2D eigenvalue weighted by atomic mass is 9.94. The number of carbonyl (C=O) groups is 5. The van der Waals surface area contributed by atoms with E-state index in [1.807, 2.05) is 119 Å². The van der Waals surface area contributed by atoms with Crippen molar-refractivity contribution in [2.24, 2.45) is 17.6 Å². The van der Waals surface area contributed by atoms with Crippen LogP contribution in [0.25, 0.3) is 0 Å². The molecular weight excluding hydrogens is 646 g/mol. The molecule has 7 atom stereocenters. The van der Waals surface area contributed by atoms with Gasteiger partial charge in [0.05, 0.1) is 13.2 Å². The zero-order valence-electron chi connectivity index (χ0n) is 30.3. The molecule has 0 fully saturated rings. The summed E-state index contributed by atoms with van der Waals surface area (Å²) >= 11 is 0. The van der Waals surface area contributed by atoms with Crippen LogP contribution >= 0.6 is 0 Å². The topological polar surface area (TPSA) is 169 Å². The van der Waals surface area contributed by atoms with Gasteiger partial charge in [0, 0.05) is 12.8 Å². The van der Waals surface area contributed by atoms with Crippen LogP contribution in [0.4, 0.5) is 0 Å². The van der Waals surface area contributed by atoms with Crippen molar-refractivity contribution in [1.82, 2.24) is 21.3 Å². The summed E-state index contributed by atoms with van der Waals surface area (Å²) in [5.41, 5.74) is 8.74. The van der Waals surface area contributed by atoms with Crippen LogP contribution in [-0.4, -0.2) is 66.9 Å². The molecule has 0 saturated carbocycles. The van der Waals surface area contributed by atoms with E-state index in [1.165, 1.54) is 7.11 Å². The molecule has 11 heteroatoms. The summed E-state index contributed by atoms with van der Waals surface area (Å²) in [5.74, 6) is -3.30. The molecule has 0 saturated heterocycles. The number of carbonyl (C=O) groups excluding carboxylic acids is 5. The summed E-state index contributed by atoms with van der Waals surface area (Å²) in [6.07, 6.45) is 1.71. The Bertz CT molecular complexity index is 1560. The molecule has 0 bridgehead atoms. The fourth-order valence-corrected chi connectivity index (χ4v) is 5.62. The SMILES string of the molecule is CC[C@H](C)[C@H](NC(=O)[C@H](Cc1ccccc1)NC(=O)[C@H](Cc1ccccc1)NC(=O)[C@@H](N)Cc1ccccc1)C(=O)N[C@H](C(=O)OC)[C@@H](C)CC. The van der Waals surface area contributed by atoms with Gasteiger partial charge in [0.25, 0.3) is 0 Å². The third kappa shape index (κ3) is 12.7. The number of esters is 1. The highest BCUT2D eigenvalue weighted by Crippen LogP contribution is 2.14. The zero-order valence-corrected chi connectivity index (χ0v) is 30.3. The fraction of sp³-hybridized carbons (Fsp3) is 0.425. The molecule has 3 rings (SSSR count). The van der Waals surface area contributed by atoms with Crippen LogP contribution in [0.2, 0.25) is 0 Å². The Morgan fingerprint density at radius 1 is 0.549 bits per heavy atom. The van der Waals surface area contributed by atoms with Gasteiger partial charge >= 0.3 is 5.97 Å². The molecule has 0 spiro atoms. The lowest BCUT2D eigenvalue weighted by molar-refractivity contribution is -0.147. The summed E-state index contributed by atoms with van der Waals surface area (Å²) in [6.45, 7) is 7.47. The molecule has 0 radical (unpaired) electrons. The van der Waals surface area contributed by atoms with Crippen LogP contribution in [0.1, 0.15) is 57.2 Å². The highest BCUT2D eigenvalue weighted by atomic mass is 16.5. The number of rotatable bonds is 19. The monoisotopic (exact) mass is 699 g/mol. The first kappa shape index (κ1) is 40.4. The van der Waals surface area contributed by atoms with Crippen LogP contribution < -0.4 is 27.0 Å². The average Bonchev–Trinajstić information content (AvgIpc) is 3.15. The number of hydrogen-bond donors (Lipinski definition) is 5. The quantitative estimate of drug-likeness (QED) is 0.120. The summed E-state index contributed by atoms with van der Waals surface area (Å²) in [4.78, 5) is 67.7. The van der Waals surface area contributed by atoms with E-state index in [-0.39, 0.29) is 31.1 Å². The second-order valence-electron chi connectivity index (χ2n) is 13.1. The van der Waals surface area contributed by atoms with E-state index < -0.39 is 59.8 Å². The van der Waals surface area contributed by atoms with E-state index in [9.17, 15) is 24.0 Å². The molecule has 0 aliphatic carbocycles. The van der Waals surface area contributed by atoms with Crippen molar-refractivity contribution >= 4 is 29.6 Å². The van der Waals surface area contributed by atoms with Gasteiger partial charge in [-0.2, -0.15) is 0 Å². The predicted molar refractivity (Wildman–Crippen MR) is 197 cm³/mol. The van der Waals surface area contributed by atoms with E-state index >= 15 is 0 Å². The molecule has 3 aromatic rings. The highest BCUT2D eigenvalue weighted by Gasteiger charge is 2.35. The van der Waals surface area contributed by atoms with Crippen molar-refractivity contribution in [1.29, 1.82) is 0 Å². The summed E-state index contributed by atoms with van der Waals surface area (Å²) < 4.78 is 4.94. The molecule has 51 heavy (non-hydrogen) atoms. The number of ether oxygens (including phenoxy) is 1. The molecule has 0 aliphatic heterocycles. The van der Waals surface area contributed by atoms with Crippen LogP contribution in [0, 0.1) is 11.8 Å². The first-order valence-corrected chi connectivity index (χ1v) is 17.6. The molecule has 3 aromatic carbocycles. The van der Waals surface area contributed by atoms with Crippen molar-refractivity contribution < 1.29 is 28.7 Å². The second-order valence-corrected chi connectivity index (χ2v) is 13.1. The van der Waals surface area contributed by atoms with E-state index in [1.54, 1.807) is 0 Å². The third-order valence-electron chi connectivity index (χ3n) is 9.23. The van der Waals surface area contributed by atoms with Gasteiger partial charge in [0.2, 0.25) is 23.6 Å². The summed E-state index contributed by atoms with van der Waals surface area (Å²) in [6, 6.07) is 22.8. The number of benzene rings is 3. The average molecular weight is 700 g/mol. The molecule has 4 amide bonds. The first-order valence-electron chi connectivity index (χ1n) is 17.6. The number of hydrogen-bond acceptors (Lipinski definition) is 7. The Kier molecular flexibility index (Phi) is 16.3. The summed E-state index contributed by atoms with van der Waals surface area (Å²) in [5, 5.41) is 11.3. The van der Waals surface area contributed by atoms with Crippen molar-refractivity contribution in [3.8, 4) is 0 Å². The highest BCUT2D eigenvalue weighted by molar-refractivity contribution is 5.96. The molecule has 0 heterocycles. The fourth-order valence-electron chi connectivity index (χ4n) is 5.62. The van der Waals surface area contributed by atoms with Gasteiger partial charge in [-0.3, -0.25) is 19.2 Å². The molecule has 0 aliphatic rings. The molecular formula is C40H53N5O6. The van der Waals surface area contributed by atoms with Crippen LogP contribution in [0.15, 0.2) is 91.0 Å². The Morgan fingerprint density at radius 2 is 0.922 bits per heavy atom. The lowest BCUT2D eigenvalue weighted by Gasteiger charge is -2.30. The van der Waals surface area contributed by atoms with E-state index in [4.69, 9.17) is 10.5 Å². The summed E-state index contributed by atoms with van der Waals surface area (Å²) in [7, 11) is 1.26. The first-order chi connectivity index (χ1) is 24.5. The Balaban J connectivity index is 1.88. The van der Waals surface area contributed by atoms with Crippen molar-refractivity contribution in [3.05, 3.63) is 108 Å². The van der Waals surface area contributed by atoms with E-state index in [0.29, 0.717) is 12.8 Å². The zero-order chi connectivity index (χ0) is 37.3. The maximum Gasteiger partial charge on any atom is 0.328 e. The predicted octanol–water partition coefficient (Wildman–Crippen LogP) is 3.25. The van der Waals surface area contributed by atoms with Crippen LogP contribution in [0.5, 0.6) is 0 Å². The number of nitrogens with two attached hydrogens (primary N) is 1. The van der Waals surface area contributed by atoms with Crippen molar-refractivity contribution in [2.45, 2.75) is 90.0 Å². The van der Waals surface area contributed by atoms with Gasteiger partial charge in [-0.25, -0.2) is 4.79 Å². The maximum atomic E-state index is 14.1. The van der Waals surface area contributed by atoms with E-state index in [0.717, 1.165) is 16.7 Å². The van der Waals surface area contributed by atoms with Gasteiger partial charge in [-0.1, -0.05) is 132 Å². The Morgan fingerprint density at radius 3 is 1.35 bits per heavy atom. The molecule has 0 aromatic heterocycles. The molecule has 6 N–H and O–H groups in total. The van der Waals surface area contributed by atoms with Crippen LogP contribution in [0.3, 0.4) is 0 Å². The van der Waals surface area contributed by atoms with Gasteiger partial charge in [-0.15, -0.1) is 0 Å². The number of methoxy groups -OCH3 is 1. The normalized spacial score (nSPS) is 15.1. The molecule has 11 nitrogen and oxygen atoms in total. The molecule has 274 valence electrons.